The minimum atomic E-state index is -0.763. The third kappa shape index (κ3) is 9.31. The summed E-state index contributed by atoms with van der Waals surface area (Å²) in [6.45, 7) is 13.3. The fraction of sp³-hybridized carbons (Fsp3) is 0.424. The second-order valence-corrected chi connectivity index (χ2v) is 24.8. The molecule has 2 aromatic heterocycles. The number of ether oxygens (including phenoxy) is 2. The Morgan fingerprint density at radius 3 is 1.52 bits per heavy atom. The zero-order valence-corrected chi connectivity index (χ0v) is 46.6. The van der Waals surface area contributed by atoms with Crippen LogP contribution in [0, 0.1) is 23.7 Å². The molecular formula is C66H72N8O6. The summed E-state index contributed by atoms with van der Waals surface area (Å²) in [5.74, 6) is 4.33. The summed E-state index contributed by atoms with van der Waals surface area (Å²) in [5.41, 5.74) is 15.3. The number of hydrogen-bond acceptors (Lipinski definition) is 8. The van der Waals surface area contributed by atoms with E-state index in [-0.39, 0.29) is 47.6 Å². The fourth-order valence-electron chi connectivity index (χ4n) is 15.0. The number of imidazole rings is 2. The lowest BCUT2D eigenvalue weighted by atomic mass is 9.77. The zero-order chi connectivity index (χ0) is 55.1. The molecule has 2 saturated carbocycles. The second-order valence-electron chi connectivity index (χ2n) is 24.8. The predicted octanol–water partition coefficient (Wildman–Crippen LogP) is 13.5. The number of likely N-dealkylation sites (tertiary alicyclic amines) is 2. The van der Waals surface area contributed by atoms with Crippen LogP contribution in [-0.2, 0) is 9.59 Å². The van der Waals surface area contributed by atoms with Gasteiger partial charge in [0.05, 0.1) is 35.0 Å². The van der Waals surface area contributed by atoms with E-state index in [1.165, 1.54) is 88.6 Å². The second kappa shape index (κ2) is 20.7. The summed E-state index contributed by atoms with van der Waals surface area (Å²) < 4.78 is 11.1. The number of carbonyl (C=O) groups excluding carboxylic acids is 4. The first-order valence-corrected chi connectivity index (χ1v) is 29.3. The maximum Gasteiger partial charge on any atom is 0.413 e. The number of nitrogens with one attached hydrogen (secondary N) is 4. The van der Waals surface area contributed by atoms with Crippen molar-refractivity contribution in [1.29, 1.82) is 0 Å². The van der Waals surface area contributed by atoms with Gasteiger partial charge in [0.1, 0.15) is 35.2 Å². The SMILES string of the molecule is CC(C)[C@H](NC(=O)Oc1ccccc1)C(=O)N1C[C@H](C)C[C@H]1c1ncc(-c2ccc(-c3ccc(-c4ccc5nc([C@@H]6C[C@H](C)CN6C(=O)[C@@H](NC(=O)Oc6ccccc6)C(C)C)[nH]c5c4)c4c3C3CCC4C3)c3c2C2CCC3C2)[nH]1. The number of rotatable bonds is 13. The van der Waals surface area contributed by atoms with Crippen LogP contribution in [0.15, 0.2) is 109 Å². The molecule has 4 fully saturated rings. The molecule has 5 aromatic carbocycles. The Bertz CT molecular complexity index is 3530. The van der Waals surface area contributed by atoms with Crippen molar-refractivity contribution in [2.45, 2.75) is 141 Å². The van der Waals surface area contributed by atoms with E-state index in [2.05, 4.69) is 76.9 Å². The average molecular weight is 1070 g/mol. The van der Waals surface area contributed by atoms with Crippen molar-refractivity contribution in [2.24, 2.45) is 23.7 Å². The normalized spacial score (nSPS) is 24.1. The van der Waals surface area contributed by atoms with Gasteiger partial charge in [-0.1, -0.05) is 108 Å². The quantitative estimate of drug-likeness (QED) is 0.0882. The Labute approximate surface area is 467 Å². The Morgan fingerprint density at radius 1 is 0.550 bits per heavy atom. The number of hydrogen-bond donors (Lipinski definition) is 4. The summed E-state index contributed by atoms with van der Waals surface area (Å²) in [4.78, 5) is 76.4. The van der Waals surface area contributed by atoms with Gasteiger partial charge in [0.25, 0.3) is 0 Å². The third-order valence-corrected chi connectivity index (χ3v) is 18.6. The van der Waals surface area contributed by atoms with Gasteiger partial charge < -0.3 is 39.9 Å². The summed E-state index contributed by atoms with van der Waals surface area (Å²) in [6.07, 6.45) is 9.36. The van der Waals surface area contributed by atoms with Gasteiger partial charge in [0, 0.05) is 18.7 Å². The molecule has 412 valence electrons. The average Bonchev–Trinajstić information content (AvgIpc) is 4.34. The van der Waals surface area contributed by atoms with Crippen LogP contribution in [0.3, 0.4) is 0 Å². The van der Waals surface area contributed by atoms with Crippen LogP contribution in [0.5, 0.6) is 11.5 Å². The van der Waals surface area contributed by atoms with Gasteiger partial charge >= 0.3 is 12.2 Å². The highest BCUT2D eigenvalue weighted by molar-refractivity contribution is 5.90. The molecule has 4 amide bonds. The summed E-state index contributed by atoms with van der Waals surface area (Å²) in [6, 6.07) is 31.9. The van der Waals surface area contributed by atoms with Crippen molar-refractivity contribution in [1.82, 2.24) is 40.4 Å². The molecule has 4 N–H and O–H groups in total. The Balaban J connectivity index is 0.773. The van der Waals surface area contributed by atoms with Crippen molar-refractivity contribution < 1.29 is 28.7 Å². The van der Waals surface area contributed by atoms with Crippen molar-refractivity contribution in [3.8, 4) is 45.0 Å². The van der Waals surface area contributed by atoms with Gasteiger partial charge in [-0.15, -0.1) is 0 Å². The van der Waals surface area contributed by atoms with Gasteiger partial charge in [-0.05, 0) is 180 Å². The lowest BCUT2D eigenvalue weighted by Crippen LogP contribution is -2.51. The number of carbonyl (C=O) groups is 4. The summed E-state index contributed by atoms with van der Waals surface area (Å²) in [5, 5.41) is 5.76. The lowest BCUT2D eigenvalue weighted by Gasteiger charge is -2.30. The van der Waals surface area contributed by atoms with Crippen LogP contribution in [0.1, 0.15) is 163 Å². The highest BCUT2D eigenvalue weighted by Gasteiger charge is 2.46. The minimum absolute atomic E-state index is 0.130. The van der Waals surface area contributed by atoms with Crippen LogP contribution >= 0.6 is 0 Å². The van der Waals surface area contributed by atoms with Crippen LogP contribution in [0.25, 0.3) is 44.5 Å². The molecular weight excluding hydrogens is 1000 g/mol. The summed E-state index contributed by atoms with van der Waals surface area (Å²) in [7, 11) is 0. The van der Waals surface area contributed by atoms with E-state index in [0.717, 1.165) is 41.2 Å². The fourth-order valence-corrected chi connectivity index (χ4v) is 15.0. The number of aromatic amines is 2. The standard InChI is InChI=1S/C66H72N8O6/c1-35(2)59(71-65(77)79-44-13-9-7-10-14-44)63(75)73-33-37(5)27-53(73)61-67-32-52(70-61)49-25-24-48(57-42-19-20-43(30-42)58(49)57)47-23-22-46(55-40-17-18-41(29-40)56(47)55)39-21-26-50-51(31-39)69-62(68-50)54-28-38(6)34-74(54)64(76)60(36(3)4)72-66(78)80-45-15-11-8-12-16-45/h7-16,21-26,31-32,35-38,40-43,53-54,59-60H,17-20,27-30,33-34H2,1-6H3,(H,67,70)(H,68,69)(H,71,77)(H,72,78)/t37-,38+,40?,41?,42?,43?,53+,54+,59+,60+/m1/s1. The van der Waals surface area contributed by atoms with Crippen molar-refractivity contribution in [3.63, 3.8) is 0 Å². The molecule has 6 aliphatic rings. The first-order chi connectivity index (χ1) is 38.7. The molecule has 13 rings (SSSR count). The van der Waals surface area contributed by atoms with E-state index < -0.39 is 24.3 Å². The van der Waals surface area contributed by atoms with Crippen LogP contribution in [0.2, 0.25) is 0 Å². The molecule has 2 aliphatic heterocycles. The number of H-pyrrole nitrogens is 2. The van der Waals surface area contributed by atoms with E-state index >= 15 is 0 Å². The molecule has 4 aliphatic carbocycles. The van der Waals surface area contributed by atoms with Gasteiger partial charge in [-0.2, -0.15) is 0 Å². The Morgan fingerprint density at radius 2 is 1.01 bits per heavy atom. The number of aromatic nitrogens is 4. The number of nitrogens with zero attached hydrogens (tertiary/aromatic N) is 4. The largest absolute Gasteiger partial charge is 0.413 e. The molecule has 80 heavy (non-hydrogen) atoms. The van der Waals surface area contributed by atoms with E-state index in [1.54, 1.807) is 48.5 Å². The van der Waals surface area contributed by atoms with E-state index in [4.69, 9.17) is 19.4 Å². The minimum Gasteiger partial charge on any atom is -0.410 e. The van der Waals surface area contributed by atoms with Crippen molar-refractivity contribution >= 4 is 35.0 Å². The molecule has 4 unspecified atom stereocenters. The number of amides is 4. The Kier molecular flexibility index (Phi) is 13.4. The summed E-state index contributed by atoms with van der Waals surface area (Å²) >= 11 is 0. The molecule has 14 nitrogen and oxygen atoms in total. The zero-order valence-electron chi connectivity index (χ0n) is 46.6. The lowest BCUT2D eigenvalue weighted by molar-refractivity contribution is -0.136. The first kappa shape index (κ1) is 51.7. The van der Waals surface area contributed by atoms with Crippen LogP contribution in [0.4, 0.5) is 9.59 Å². The van der Waals surface area contributed by atoms with Crippen molar-refractivity contribution in [3.05, 3.63) is 143 Å². The Hall–Kier alpha value is -7.74. The molecule has 4 bridgehead atoms. The number of benzene rings is 5. The van der Waals surface area contributed by atoms with Crippen molar-refractivity contribution in [2.75, 3.05) is 13.1 Å². The highest BCUT2D eigenvalue weighted by Crippen LogP contribution is 2.62. The van der Waals surface area contributed by atoms with Gasteiger partial charge in [0.2, 0.25) is 11.8 Å². The molecule has 10 atom stereocenters. The predicted molar refractivity (Wildman–Crippen MR) is 308 cm³/mol. The van der Waals surface area contributed by atoms with E-state index in [0.29, 0.717) is 48.3 Å². The monoisotopic (exact) mass is 1070 g/mol. The molecule has 14 heteroatoms. The smallest absolute Gasteiger partial charge is 0.410 e. The molecule has 4 heterocycles. The van der Waals surface area contributed by atoms with Gasteiger partial charge in [-0.25, -0.2) is 19.6 Å². The van der Waals surface area contributed by atoms with Gasteiger partial charge in [-0.3, -0.25) is 9.59 Å². The van der Waals surface area contributed by atoms with E-state index in [9.17, 15) is 19.2 Å². The van der Waals surface area contributed by atoms with E-state index in [1.807, 2.05) is 55.8 Å². The topological polar surface area (TPSA) is 175 Å². The van der Waals surface area contributed by atoms with Gasteiger partial charge in [0.15, 0.2) is 0 Å². The maximum absolute atomic E-state index is 14.4. The van der Waals surface area contributed by atoms with Crippen LogP contribution in [-0.4, -0.2) is 78.9 Å². The maximum atomic E-state index is 14.4. The highest BCUT2D eigenvalue weighted by atomic mass is 16.6. The number of para-hydroxylation sites is 2. The van der Waals surface area contributed by atoms with Crippen LogP contribution < -0.4 is 20.1 Å². The molecule has 0 spiro atoms. The molecule has 7 aromatic rings. The number of fused-ring (bicyclic) bond motifs is 11. The third-order valence-electron chi connectivity index (χ3n) is 18.6. The first-order valence-electron chi connectivity index (χ1n) is 29.3. The molecule has 0 radical (unpaired) electrons. The molecule has 2 saturated heterocycles.